The minimum absolute atomic E-state index is 0.00222. The standard InChI is InChI=1S/C7H7ClN2O4S/c8-5-1-4(7(11)12)2-6(3-5)10-15(9,13)14/h1-3,10H,(H,11,12)(H2,9,13,14). The van der Waals surface area contributed by atoms with E-state index in [0.29, 0.717) is 0 Å². The van der Waals surface area contributed by atoms with Gasteiger partial charge in [-0.3, -0.25) is 4.72 Å². The maximum Gasteiger partial charge on any atom is 0.335 e. The Morgan fingerprint density at radius 2 is 2.00 bits per heavy atom. The summed E-state index contributed by atoms with van der Waals surface area (Å²) in [7, 11) is -3.94. The highest BCUT2D eigenvalue weighted by atomic mass is 35.5. The summed E-state index contributed by atoms with van der Waals surface area (Å²) >= 11 is 5.58. The van der Waals surface area contributed by atoms with Crippen LogP contribution in [0.3, 0.4) is 0 Å². The van der Waals surface area contributed by atoms with Gasteiger partial charge in [0.05, 0.1) is 11.3 Å². The van der Waals surface area contributed by atoms with Crippen LogP contribution in [0.4, 0.5) is 5.69 Å². The highest BCUT2D eigenvalue weighted by Crippen LogP contribution is 2.19. The van der Waals surface area contributed by atoms with Gasteiger partial charge in [-0.2, -0.15) is 8.42 Å². The molecule has 0 heterocycles. The van der Waals surface area contributed by atoms with Crippen molar-refractivity contribution in [2.45, 2.75) is 0 Å². The Morgan fingerprint density at radius 3 is 2.47 bits per heavy atom. The molecule has 0 aliphatic rings. The average molecular weight is 251 g/mol. The molecule has 0 aromatic heterocycles. The summed E-state index contributed by atoms with van der Waals surface area (Å²) in [4.78, 5) is 10.6. The maximum absolute atomic E-state index is 10.7. The zero-order valence-corrected chi connectivity index (χ0v) is 8.84. The van der Waals surface area contributed by atoms with Gasteiger partial charge in [0.2, 0.25) is 0 Å². The fourth-order valence-electron chi connectivity index (χ4n) is 0.936. The Balaban J connectivity index is 3.15. The highest BCUT2D eigenvalue weighted by molar-refractivity contribution is 7.90. The molecule has 0 radical (unpaired) electrons. The number of nitrogens with one attached hydrogen (secondary N) is 1. The molecule has 0 fully saturated rings. The second-order valence-electron chi connectivity index (χ2n) is 2.68. The minimum atomic E-state index is -3.94. The van der Waals surface area contributed by atoms with Crippen LogP contribution in [0.25, 0.3) is 0 Å². The molecule has 0 saturated heterocycles. The lowest BCUT2D eigenvalue weighted by atomic mass is 10.2. The van der Waals surface area contributed by atoms with Crippen LogP contribution in [0.5, 0.6) is 0 Å². The number of halogens is 1. The molecule has 0 unspecified atom stereocenters. The topological polar surface area (TPSA) is 109 Å². The van der Waals surface area contributed by atoms with Gasteiger partial charge in [-0.05, 0) is 18.2 Å². The van der Waals surface area contributed by atoms with E-state index in [2.05, 4.69) is 0 Å². The summed E-state index contributed by atoms with van der Waals surface area (Å²) in [6.45, 7) is 0. The minimum Gasteiger partial charge on any atom is -0.478 e. The molecule has 82 valence electrons. The zero-order chi connectivity index (χ0) is 11.6. The Hall–Kier alpha value is -1.31. The second-order valence-corrected chi connectivity index (χ2v) is 4.41. The molecule has 0 bridgehead atoms. The number of benzene rings is 1. The summed E-state index contributed by atoms with van der Waals surface area (Å²) in [5.74, 6) is -1.21. The molecule has 1 aromatic carbocycles. The number of nitrogens with two attached hydrogens (primary N) is 1. The molecule has 0 spiro atoms. The summed E-state index contributed by atoms with van der Waals surface area (Å²) in [6, 6.07) is 3.55. The third kappa shape index (κ3) is 3.74. The first-order chi connectivity index (χ1) is 6.78. The summed E-state index contributed by atoms with van der Waals surface area (Å²) in [5.41, 5.74) is -0.129. The van der Waals surface area contributed by atoms with Crippen LogP contribution < -0.4 is 9.86 Å². The average Bonchev–Trinajstić information content (AvgIpc) is 1.99. The zero-order valence-electron chi connectivity index (χ0n) is 7.27. The van der Waals surface area contributed by atoms with E-state index >= 15 is 0 Å². The predicted octanol–water partition coefficient (Wildman–Crippen LogP) is 0.654. The van der Waals surface area contributed by atoms with E-state index in [4.69, 9.17) is 21.8 Å². The van der Waals surface area contributed by atoms with Crippen molar-refractivity contribution in [3.8, 4) is 0 Å². The van der Waals surface area contributed by atoms with Crippen molar-refractivity contribution in [2.75, 3.05) is 4.72 Å². The van der Waals surface area contributed by atoms with Crippen molar-refractivity contribution in [1.82, 2.24) is 0 Å². The molecule has 1 rings (SSSR count). The predicted molar refractivity (Wildman–Crippen MR) is 55.1 cm³/mol. The van der Waals surface area contributed by atoms with E-state index in [0.717, 1.165) is 6.07 Å². The van der Waals surface area contributed by atoms with E-state index < -0.39 is 16.2 Å². The van der Waals surface area contributed by atoms with Crippen molar-refractivity contribution < 1.29 is 18.3 Å². The molecule has 15 heavy (non-hydrogen) atoms. The Bertz CT molecular complexity index is 500. The van der Waals surface area contributed by atoms with Gasteiger partial charge in [-0.25, -0.2) is 9.93 Å². The smallest absolute Gasteiger partial charge is 0.335 e. The molecule has 6 nitrogen and oxygen atoms in total. The summed E-state index contributed by atoms with van der Waals surface area (Å²) in [5, 5.41) is 13.5. The van der Waals surface area contributed by atoms with Gasteiger partial charge in [0.15, 0.2) is 0 Å². The Labute approximate surface area is 90.8 Å². The normalized spacial score (nSPS) is 11.1. The van der Waals surface area contributed by atoms with Crippen molar-refractivity contribution >= 4 is 33.5 Å². The van der Waals surface area contributed by atoms with Crippen molar-refractivity contribution in [1.29, 1.82) is 0 Å². The largest absolute Gasteiger partial charge is 0.478 e. The quantitative estimate of drug-likeness (QED) is 0.732. The van der Waals surface area contributed by atoms with Crippen LogP contribution in [0, 0.1) is 0 Å². The van der Waals surface area contributed by atoms with Gasteiger partial charge in [-0.15, -0.1) is 0 Å². The molecule has 0 atom stereocenters. The van der Waals surface area contributed by atoms with Gasteiger partial charge >= 0.3 is 5.97 Å². The number of aromatic carboxylic acids is 1. The third-order valence-corrected chi connectivity index (χ3v) is 2.14. The van der Waals surface area contributed by atoms with E-state index in [9.17, 15) is 13.2 Å². The van der Waals surface area contributed by atoms with E-state index in [1.54, 1.807) is 0 Å². The summed E-state index contributed by atoms with van der Waals surface area (Å²) in [6.07, 6.45) is 0. The van der Waals surface area contributed by atoms with E-state index in [1.165, 1.54) is 12.1 Å². The SMILES string of the molecule is NS(=O)(=O)Nc1cc(Cl)cc(C(=O)O)c1. The highest BCUT2D eigenvalue weighted by Gasteiger charge is 2.08. The molecule has 1 aromatic rings. The van der Waals surface area contributed by atoms with Crippen LogP contribution in [0.2, 0.25) is 5.02 Å². The van der Waals surface area contributed by atoms with Gasteiger partial charge in [0, 0.05) is 5.02 Å². The van der Waals surface area contributed by atoms with Crippen LogP contribution in [-0.4, -0.2) is 19.5 Å². The van der Waals surface area contributed by atoms with Gasteiger partial charge < -0.3 is 5.11 Å². The first-order valence-corrected chi connectivity index (χ1v) is 5.55. The molecular weight excluding hydrogens is 244 g/mol. The molecule has 0 aliphatic heterocycles. The van der Waals surface area contributed by atoms with Crippen molar-refractivity contribution in [3.63, 3.8) is 0 Å². The second kappa shape index (κ2) is 4.05. The lowest BCUT2D eigenvalue weighted by Gasteiger charge is -2.05. The van der Waals surface area contributed by atoms with E-state index in [-0.39, 0.29) is 16.3 Å². The maximum atomic E-state index is 10.7. The van der Waals surface area contributed by atoms with Gasteiger partial charge in [-0.1, -0.05) is 11.6 Å². The fraction of sp³-hybridized carbons (Fsp3) is 0. The number of hydrogen-bond donors (Lipinski definition) is 3. The number of rotatable bonds is 3. The van der Waals surface area contributed by atoms with Crippen molar-refractivity contribution in [2.24, 2.45) is 5.14 Å². The van der Waals surface area contributed by atoms with Gasteiger partial charge in [0.25, 0.3) is 10.2 Å². The number of hydrogen-bond acceptors (Lipinski definition) is 3. The van der Waals surface area contributed by atoms with Crippen LogP contribution in [0.15, 0.2) is 18.2 Å². The molecule has 0 aliphatic carbocycles. The van der Waals surface area contributed by atoms with Crippen LogP contribution in [0.1, 0.15) is 10.4 Å². The first kappa shape index (κ1) is 11.8. The van der Waals surface area contributed by atoms with Crippen LogP contribution in [-0.2, 0) is 10.2 Å². The number of carboxylic acids is 1. The number of carbonyl (C=O) groups is 1. The molecule has 0 saturated carbocycles. The molecule has 0 amide bonds. The summed E-state index contributed by atoms with van der Waals surface area (Å²) < 4.78 is 23.3. The van der Waals surface area contributed by atoms with Crippen molar-refractivity contribution in [3.05, 3.63) is 28.8 Å². The number of anilines is 1. The lowest BCUT2D eigenvalue weighted by molar-refractivity contribution is 0.0697. The molecular formula is C7H7ClN2O4S. The van der Waals surface area contributed by atoms with Crippen LogP contribution >= 0.6 is 11.6 Å². The third-order valence-electron chi connectivity index (χ3n) is 1.40. The Morgan fingerprint density at radius 1 is 1.40 bits per heavy atom. The van der Waals surface area contributed by atoms with Gasteiger partial charge in [0.1, 0.15) is 0 Å². The fourth-order valence-corrected chi connectivity index (χ4v) is 1.62. The Kier molecular flexibility index (Phi) is 3.18. The lowest BCUT2D eigenvalue weighted by Crippen LogP contribution is -2.21. The van der Waals surface area contributed by atoms with E-state index in [1.807, 2.05) is 4.72 Å². The molecule has 8 heteroatoms. The molecule has 4 N–H and O–H groups in total. The monoisotopic (exact) mass is 250 g/mol. The number of carboxylic acid groups (broad SMARTS) is 1. The first-order valence-electron chi connectivity index (χ1n) is 3.62.